The van der Waals surface area contributed by atoms with E-state index in [0.29, 0.717) is 5.13 Å². The summed E-state index contributed by atoms with van der Waals surface area (Å²) in [4.78, 5) is 26.7. The van der Waals surface area contributed by atoms with Crippen molar-refractivity contribution in [2.24, 2.45) is 0 Å². The molecule has 3 rings (SSSR count). The maximum absolute atomic E-state index is 11.2. The van der Waals surface area contributed by atoms with Crippen LogP contribution in [0.5, 0.6) is 0 Å². The Kier molecular flexibility index (Phi) is 4.08. The van der Waals surface area contributed by atoms with E-state index < -0.39 is 0 Å². The predicted molar refractivity (Wildman–Crippen MR) is 93.7 cm³/mol. The van der Waals surface area contributed by atoms with Gasteiger partial charge in [0.25, 0.3) is 0 Å². The molecule has 0 aliphatic carbocycles. The van der Waals surface area contributed by atoms with Gasteiger partial charge in [-0.1, -0.05) is 29.5 Å². The Hall–Kier alpha value is -2.73. The first-order valence-corrected chi connectivity index (χ1v) is 7.89. The van der Waals surface area contributed by atoms with E-state index in [1.807, 2.05) is 42.5 Å². The minimum Gasteiger partial charge on any atom is -0.326 e. The van der Waals surface area contributed by atoms with Gasteiger partial charge in [0.2, 0.25) is 11.8 Å². The molecule has 1 aromatic heterocycles. The fraction of sp³-hybridized carbons (Fsp3) is 0.118. The van der Waals surface area contributed by atoms with Crippen LogP contribution in [0.3, 0.4) is 0 Å². The van der Waals surface area contributed by atoms with Gasteiger partial charge in [-0.15, -0.1) is 0 Å². The average molecular weight is 325 g/mol. The van der Waals surface area contributed by atoms with Crippen LogP contribution in [0.4, 0.5) is 10.8 Å². The lowest BCUT2D eigenvalue weighted by atomic mass is 10.0. The van der Waals surface area contributed by atoms with Crippen molar-refractivity contribution in [3.05, 3.63) is 42.5 Å². The second-order valence-corrected chi connectivity index (χ2v) is 6.18. The van der Waals surface area contributed by atoms with Crippen LogP contribution in [-0.4, -0.2) is 16.8 Å². The van der Waals surface area contributed by atoms with Crippen LogP contribution in [0, 0.1) is 0 Å². The first kappa shape index (κ1) is 15.2. The van der Waals surface area contributed by atoms with Crippen LogP contribution in [0.25, 0.3) is 21.3 Å². The van der Waals surface area contributed by atoms with Gasteiger partial charge in [0.1, 0.15) is 0 Å². The molecule has 0 radical (unpaired) electrons. The summed E-state index contributed by atoms with van der Waals surface area (Å²) in [6.45, 7) is 2.95. The van der Waals surface area contributed by atoms with Crippen LogP contribution in [0.1, 0.15) is 13.8 Å². The maximum atomic E-state index is 11.2. The van der Waals surface area contributed by atoms with Crippen molar-refractivity contribution in [3.63, 3.8) is 0 Å². The van der Waals surface area contributed by atoms with Gasteiger partial charge < -0.3 is 10.6 Å². The van der Waals surface area contributed by atoms with Gasteiger partial charge in [0.05, 0.1) is 10.2 Å². The molecule has 6 heteroatoms. The molecule has 0 saturated carbocycles. The Morgan fingerprint density at radius 1 is 0.957 bits per heavy atom. The fourth-order valence-corrected chi connectivity index (χ4v) is 3.24. The molecule has 5 nitrogen and oxygen atoms in total. The van der Waals surface area contributed by atoms with Crippen molar-refractivity contribution in [2.75, 3.05) is 10.6 Å². The summed E-state index contributed by atoms with van der Waals surface area (Å²) in [5.74, 6) is -0.229. The first-order valence-electron chi connectivity index (χ1n) is 7.07. The monoisotopic (exact) mass is 325 g/mol. The molecule has 0 fully saturated rings. The van der Waals surface area contributed by atoms with Crippen molar-refractivity contribution in [3.8, 4) is 11.1 Å². The second kappa shape index (κ2) is 6.18. The highest BCUT2D eigenvalue weighted by molar-refractivity contribution is 7.22. The van der Waals surface area contributed by atoms with E-state index in [0.717, 1.165) is 27.0 Å². The van der Waals surface area contributed by atoms with E-state index >= 15 is 0 Å². The lowest BCUT2D eigenvalue weighted by molar-refractivity contribution is -0.115. The number of anilines is 2. The van der Waals surface area contributed by atoms with Gasteiger partial charge in [-0.05, 0) is 35.4 Å². The van der Waals surface area contributed by atoms with Crippen molar-refractivity contribution in [1.82, 2.24) is 4.98 Å². The van der Waals surface area contributed by atoms with E-state index in [2.05, 4.69) is 15.6 Å². The molecular weight excluding hydrogens is 310 g/mol. The quantitative estimate of drug-likeness (QED) is 0.767. The molecule has 0 saturated heterocycles. The molecule has 2 aromatic carbocycles. The summed E-state index contributed by atoms with van der Waals surface area (Å²) in [5.41, 5.74) is 3.65. The number of thiazole rings is 1. The van der Waals surface area contributed by atoms with Gasteiger partial charge in [0.15, 0.2) is 5.13 Å². The second-order valence-electron chi connectivity index (χ2n) is 5.14. The summed E-state index contributed by atoms with van der Waals surface area (Å²) < 4.78 is 0.996. The molecule has 23 heavy (non-hydrogen) atoms. The lowest BCUT2D eigenvalue weighted by Gasteiger charge is -2.06. The zero-order chi connectivity index (χ0) is 16.4. The normalized spacial score (nSPS) is 10.5. The zero-order valence-electron chi connectivity index (χ0n) is 12.7. The summed E-state index contributed by atoms with van der Waals surface area (Å²) >= 11 is 1.44. The highest BCUT2D eigenvalue weighted by atomic mass is 32.1. The molecule has 0 aliphatic rings. The number of nitrogens with zero attached hydrogens (tertiary/aromatic N) is 1. The average Bonchev–Trinajstić information content (AvgIpc) is 2.87. The number of nitrogens with one attached hydrogen (secondary N) is 2. The molecule has 0 atom stereocenters. The van der Waals surface area contributed by atoms with Gasteiger partial charge in [-0.25, -0.2) is 4.98 Å². The number of carbonyl (C=O) groups excluding carboxylic acids is 2. The number of fused-ring (bicyclic) bond motifs is 1. The molecule has 1 heterocycles. The van der Waals surface area contributed by atoms with Gasteiger partial charge in [0, 0.05) is 19.5 Å². The summed E-state index contributed by atoms with van der Waals surface area (Å²) in [6.07, 6.45) is 0. The Labute approximate surface area is 137 Å². The van der Waals surface area contributed by atoms with E-state index in [4.69, 9.17) is 0 Å². The maximum Gasteiger partial charge on any atom is 0.223 e. The lowest BCUT2D eigenvalue weighted by Crippen LogP contribution is -2.05. The van der Waals surface area contributed by atoms with Crippen molar-refractivity contribution in [2.45, 2.75) is 13.8 Å². The van der Waals surface area contributed by atoms with Crippen LogP contribution in [0.2, 0.25) is 0 Å². The molecule has 0 spiro atoms. The molecule has 2 N–H and O–H groups in total. The molecule has 0 unspecified atom stereocenters. The molecule has 0 aliphatic heterocycles. The van der Waals surface area contributed by atoms with Crippen LogP contribution in [-0.2, 0) is 9.59 Å². The third kappa shape index (κ3) is 3.54. The summed E-state index contributed by atoms with van der Waals surface area (Å²) in [5, 5.41) is 6.08. The van der Waals surface area contributed by atoms with Crippen LogP contribution >= 0.6 is 11.3 Å². The van der Waals surface area contributed by atoms with Crippen LogP contribution < -0.4 is 10.6 Å². The Morgan fingerprint density at radius 3 is 2.43 bits per heavy atom. The number of hydrogen-bond acceptors (Lipinski definition) is 4. The summed E-state index contributed by atoms with van der Waals surface area (Å²) in [6, 6.07) is 13.6. The Morgan fingerprint density at radius 2 is 1.70 bits per heavy atom. The number of carbonyl (C=O) groups is 2. The minimum absolute atomic E-state index is 0.0972. The minimum atomic E-state index is -0.132. The highest BCUT2D eigenvalue weighted by Crippen LogP contribution is 2.31. The van der Waals surface area contributed by atoms with E-state index in [1.165, 1.54) is 25.2 Å². The van der Waals surface area contributed by atoms with Crippen LogP contribution in [0.15, 0.2) is 42.5 Å². The van der Waals surface area contributed by atoms with E-state index in [9.17, 15) is 9.59 Å². The largest absolute Gasteiger partial charge is 0.326 e. The van der Waals surface area contributed by atoms with Crippen molar-refractivity contribution < 1.29 is 9.59 Å². The number of benzene rings is 2. The zero-order valence-corrected chi connectivity index (χ0v) is 13.5. The number of hydrogen-bond donors (Lipinski definition) is 2. The van der Waals surface area contributed by atoms with Crippen molar-refractivity contribution >= 4 is 44.2 Å². The molecular formula is C17H15N3O2S. The standard InChI is InChI=1S/C17H15N3O2S/c1-10(21)18-14-5-3-4-12(8-14)13-6-7-15-16(9-13)23-17(20-15)19-11(2)22/h3-9H,1-2H3,(H,18,21)(H,19,20,22). The van der Waals surface area contributed by atoms with Gasteiger partial charge >= 0.3 is 0 Å². The Balaban J connectivity index is 1.96. The fourth-order valence-electron chi connectivity index (χ4n) is 2.29. The molecule has 3 aromatic rings. The number of rotatable bonds is 3. The number of aromatic nitrogens is 1. The third-order valence-electron chi connectivity index (χ3n) is 3.19. The third-order valence-corrected chi connectivity index (χ3v) is 4.12. The SMILES string of the molecule is CC(=O)Nc1cccc(-c2ccc3nc(NC(C)=O)sc3c2)c1. The predicted octanol–water partition coefficient (Wildman–Crippen LogP) is 3.88. The van der Waals surface area contributed by atoms with E-state index in [-0.39, 0.29) is 11.8 Å². The molecule has 116 valence electrons. The summed E-state index contributed by atoms with van der Waals surface area (Å²) in [7, 11) is 0. The highest BCUT2D eigenvalue weighted by Gasteiger charge is 2.07. The smallest absolute Gasteiger partial charge is 0.223 e. The van der Waals surface area contributed by atoms with Gasteiger partial charge in [-0.3, -0.25) is 9.59 Å². The molecule has 2 amide bonds. The topological polar surface area (TPSA) is 71.1 Å². The number of amides is 2. The first-order chi connectivity index (χ1) is 11.0. The Bertz CT molecular complexity index is 902. The van der Waals surface area contributed by atoms with E-state index in [1.54, 1.807) is 0 Å². The molecule has 0 bridgehead atoms. The van der Waals surface area contributed by atoms with Crippen molar-refractivity contribution in [1.29, 1.82) is 0 Å². The van der Waals surface area contributed by atoms with Gasteiger partial charge in [-0.2, -0.15) is 0 Å².